The minimum Gasteiger partial charge on any atom is -0.462 e. The number of ether oxygens (including phenoxy) is 4. The average molecular weight is 632 g/mol. The van der Waals surface area contributed by atoms with Crippen LogP contribution in [0.15, 0.2) is 21.1 Å². The van der Waals surface area contributed by atoms with Gasteiger partial charge in [0.25, 0.3) is 0 Å². The van der Waals surface area contributed by atoms with Crippen molar-refractivity contribution in [3.63, 3.8) is 0 Å². The molecule has 0 radical (unpaired) electrons. The number of unbranched alkanes of at least 4 members (excludes halogenated alkanes) is 10. The van der Waals surface area contributed by atoms with Crippen LogP contribution >= 0.6 is 31.9 Å². The van der Waals surface area contributed by atoms with Gasteiger partial charge in [-0.15, -0.1) is 0 Å². The molecule has 2 unspecified atom stereocenters. The van der Waals surface area contributed by atoms with Gasteiger partial charge in [0.1, 0.15) is 0 Å². The Balaban J connectivity index is 1.25. The summed E-state index contributed by atoms with van der Waals surface area (Å²) in [4.78, 5) is 25.0. The zero-order chi connectivity index (χ0) is 25.6. The highest BCUT2D eigenvalue weighted by molar-refractivity contribution is 9.11. The van der Waals surface area contributed by atoms with Crippen molar-refractivity contribution in [2.24, 2.45) is 0 Å². The number of carbonyl (C=O) groups excluding carboxylic acids is 2. The Labute approximate surface area is 232 Å². The van der Waals surface area contributed by atoms with E-state index in [9.17, 15) is 9.59 Å². The fourth-order valence-corrected chi connectivity index (χ4v) is 5.19. The summed E-state index contributed by atoms with van der Waals surface area (Å²) in [5, 5.41) is 0. The fraction of sp³-hybridized carbons (Fsp3) is 0.714. The van der Waals surface area contributed by atoms with Gasteiger partial charge in [-0.3, -0.25) is 0 Å². The molecule has 1 aromatic rings. The van der Waals surface area contributed by atoms with Gasteiger partial charge in [-0.05, 0) is 69.7 Å². The molecule has 2 atom stereocenters. The third kappa shape index (κ3) is 12.1. The van der Waals surface area contributed by atoms with E-state index < -0.39 is 11.9 Å². The van der Waals surface area contributed by atoms with E-state index in [1.807, 2.05) is 0 Å². The van der Waals surface area contributed by atoms with Gasteiger partial charge in [-0.25, -0.2) is 9.59 Å². The van der Waals surface area contributed by atoms with Gasteiger partial charge in [0.2, 0.25) is 0 Å². The molecule has 6 nitrogen and oxygen atoms in total. The monoisotopic (exact) mass is 630 g/mol. The van der Waals surface area contributed by atoms with Crippen LogP contribution in [-0.4, -0.2) is 50.6 Å². The molecule has 0 saturated carbocycles. The van der Waals surface area contributed by atoms with E-state index in [1.165, 1.54) is 51.4 Å². The first-order valence-corrected chi connectivity index (χ1v) is 15.2. The minimum atomic E-state index is -0.392. The van der Waals surface area contributed by atoms with Crippen molar-refractivity contribution in [3.05, 3.63) is 32.2 Å². The van der Waals surface area contributed by atoms with E-state index in [1.54, 1.807) is 12.1 Å². The van der Waals surface area contributed by atoms with Gasteiger partial charge in [-0.2, -0.15) is 0 Å². The van der Waals surface area contributed by atoms with E-state index in [0.717, 1.165) is 51.7 Å². The Morgan fingerprint density at radius 2 is 0.972 bits per heavy atom. The molecule has 0 aromatic heterocycles. The predicted molar refractivity (Wildman–Crippen MR) is 147 cm³/mol. The fourth-order valence-electron chi connectivity index (χ4n) is 4.18. The van der Waals surface area contributed by atoms with Crippen molar-refractivity contribution >= 4 is 43.8 Å². The summed E-state index contributed by atoms with van der Waals surface area (Å²) in [6, 6.07) is 3.25. The van der Waals surface area contributed by atoms with Crippen molar-refractivity contribution in [2.45, 2.75) is 102 Å². The molecule has 0 amide bonds. The van der Waals surface area contributed by atoms with Crippen molar-refractivity contribution in [1.82, 2.24) is 0 Å². The third-order valence-corrected chi connectivity index (χ3v) is 7.92. The van der Waals surface area contributed by atoms with Crippen LogP contribution in [0, 0.1) is 0 Å². The molecular formula is C28H40Br2O6. The second-order valence-electron chi connectivity index (χ2n) is 9.81. The first-order valence-electron chi connectivity index (χ1n) is 13.6. The summed E-state index contributed by atoms with van der Waals surface area (Å²) in [5.41, 5.74) is 0.794. The number of rotatable bonds is 20. The molecule has 2 heterocycles. The molecule has 0 aliphatic carbocycles. The summed E-state index contributed by atoms with van der Waals surface area (Å²) in [6.45, 7) is 2.69. The van der Waals surface area contributed by atoms with Crippen molar-refractivity contribution in [2.75, 3.05) is 26.4 Å². The quantitative estimate of drug-likeness (QED) is 0.0830. The summed E-state index contributed by atoms with van der Waals surface area (Å²) >= 11 is 6.82. The molecule has 2 fully saturated rings. The number of halogens is 2. The number of hydrogen-bond donors (Lipinski definition) is 0. The van der Waals surface area contributed by atoms with Crippen molar-refractivity contribution in [3.8, 4) is 0 Å². The van der Waals surface area contributed by atoms with Gasteiger partial charge in [0, 0.05) is 8.95 Å². The van der Waals surface area contributed by atoms with E-state index in [4.69, 9.17) is 18.9 Å². The van der Waals surface area contributed by atoms with Crippen molar-refractivity contribution < 1.29 is 28.5 Å². The third-order valence-electron chi connectivity index (χ3n) is 6.61. The van der Waals surface area contributed by atoms with E-state index in [0.29, 0.717) is 45.5 Å². The maximum Gasteiger partial charge on any atom is 0.339 e. The van der Waals surface area contributed by atoms with Crippen LogP contribution in [0.1, 0.15) is 111 Å². The van der Waals surface area contributed by atoms with Gasteiger partial charge in [-0.1, -0.05) is 64.2 Å². The molecular weight excluding hydrogens is 592 g/mol. The van der Waals surface area contributed by atoms with E-state index >= 15 is 0 Å². The Bertz CT molecular complexity index is 755. The van der Waals surface area contributed by atoms with Gasteiger partial charge in [0.05, 0.1) is 49.8 Å². The molecule has 0 spiro atoms. The normalized spacial score (nSPS) is 18.2. The van der Waals surface area contributed by atoms with Crippen molar-refractivity contribution in [1.29, 1.82) is 0 Å². The largest absolute Gasteiger partial charge is 0.462 e. The Kier molecular flexibility index (Phi) is 13.8. The molecule has 36 heavy (non-hydrogen) atoms. The zero-order valence-corrected chi connectivity index (χ0v) is 24.4. The zero-order valence-electron chi connectivity index (χ0n) is 21.2. The molecule has 2 aliphatic heterocycles. The first-order chi connectivity index (χ1) is 17.5. The Morgan fingerprint density at radius 3 is 1.33 bits per heavy atom. The molecule has 0 bridgehead atoms. The first kappa shape index (κ1) is 29.6. The van der Waals surface area contributed by atoms with Crippen LogP contribution in [0.4, 0.5) is 0 Å². The number of epoxide rings is 2. The summed E-state index contributed by atoms with van der Waals surface area (Å²) in [7, 11) is 0. The second kappa shape index (κ2) is 16.8. The molecule has 202 valence electrons. The van der Waals surface area contributed by atoms with E-state index in [2.05, 4.69) is 31.9 Å². The minimum absolute atomic E-state index is 0.392. The Morgan fingerprint density at radius 1 is 0.639 bits per heavy atom. The van der Waals surface area contributed by atoms with Crippen LogP contribution < -0.4 is 0 Å². The maximum absolute atomic E-state index is 12.5. The lowest BCUT2D eigenvalue weighted by atomic mass is 10.1. The van der Waals surface area contributed by atoms with Crippen LogP contribution in [0.3, 0.4) is 0 Å². The SMILES string of the molecule is O=C(OCCCCCCCCC1CO1)c1cc(Br)c(C(=O)OCCCCCCCCC2CO2)cc1Br. The van der Waals surface area contributed by atoms with Gasteiger partial charge >= 0.3 is 11.9 Å². The highest BCUT2D eigenvalue weighted by atomic mass is 79.9. The van der Waals surface area contributed by atoms with Crippen LogP contribution in [-0.2, 0) is 18.9 Å². The number of benzene rings is 1. The van der Waals surface area contributed by atoms with Gasteiger partial charge in [0.15, 0.2) is 0 Å². The lowest BCUT2D eigenvalue weighted by Crippen LogP contribution is -2.11. The summed E-state index contributed by atoms with van der Waals surface area (Å²) in [5.74, 6) is -0.784. The number of esters is 2. The molecule has 3 rings (SSSR count). The molecule has 0 N–H and O–H groups in total. The van der Waals surface area contributed by atoms with E-state index in [-0.39, 0.29) is 0 Å². The molecule has 2 aliphatic rings. The van der Waals surface area contributed by atoms with Crippen LogP contribution in [0.5, 0.6) is 0 Å². The lowest BCUT2D eigenvalue weighted by Gasteiger charge is -2.11. The number of hydrogen-bond acceptors (Lipinski definition) is 6. The smallest absolute Gasteiger partial charge is 0.339 e. The average Bonchev–Trinajstić information content (AvgIpc) is 3.78. The highest BCUT2D eigenvalue weighted by Crippen LogP contribution is 2.28. The highest BCUT2D eigenvalue weighted by Gasteiger charge is 2.22. The van der Waals surface area contributed by atoms with Gasteiger partial charge < -0.3 is 18.9 Å². The second-order valence-corrected chi connectivity index (χ2v) is 11.5. The lowest BCUT2D eigenvalue weighted by molar-refractivity contribution is 0.0481. The predicted octanol–water partition coefficient (Wildman–Crippen LogP) is 7.78. The standard InChI is InChI=1S/C28H40Br2O6/c29-25-18-24(28(32)34-16-12-8-4-2-6-10-14-22-20-36-22)26(30)17-23(25)27(31)33-15-11-7-3-1-5-9-13-21-19-35-21/h17-18,21-22H,1-16,19-20H2. The summed E-state index contributed by atoms with van der Waals surface area (Å²) < 4.78 is 22.4. The molecule has 1 aromatic carbocycles. The summed E-state index contributed by atoms with van der Waals surface area (Å²) in [6.07, 6.45) is 17.0. The number of carbonyl (C=O) groups is 2. The topological polar surface area (TPSA) is 77.7 Å². The molecule has 8 heteroatoms. The molecule has 2 saturated heterocycles. The Hall–Kier alpha value is -0.960. The van der Waals surface area contributed by atoms with Crippen LogP contribution in [0.25, 0.3) is 0 Å². The maximum atomic E-state index is 12.5. The van der Waals surface area contributed by atoms with Crippen LogP contribution in [0.2, 0.25) is 0 Å².